The number of aromatic nitrogens is 1. The number of benzene rings is 1. The van der Waals surface area contributed by atoms with Gasteiger partial charge < -0.3 is 28.7 Å². The Kier molecular flexibility index (Phi) is 7.93. The van der Waals surface area contributed by atoms with E-state index in [4.69, 9.17) is 23.9 Å². The first kappa shape index (κ1) is 30.5. The molecule has 4 aliphatic heterocycles. The number of piperidine rings is 2. The van der Waals surface area contributed by atoms with Crippen molar-refractivity contribution in [2.45, 2.75) is 103 Å². The molecule has 0 unspecified atom stereocenters. The smallest absolute Gasteiger partial charge is 0.420 e. The first-order valence-electron chi connectivity index (χ1n) is 16.0. The van der Waals surface area contributed by atoms with Crippen LogP contribution in [0.4, 0.5) is 26.8 Å². The van der Waals surface area contributed by atoms with Crippen molar-refractivity contribution >= 4 is 29.4 Å². The number of nitrogens with zero attached hydrogens (tertiary/aromatic N) is 4. The van der Waals surface area contributed by atoms with Crippen molar-refractivity contribution in [3.63, 3.8) is 0 Å². The second kappa shape index (κ2) is 11.4. The Morgan fingerprint density at radius 1 is 0.886 bits per heavy atom. The van der Waals surface area contributed by atoms with Crippen LogP contribution in [0.2, 0.25) is 0 Å². The van der Waals surface area contributed by atoms with Crippen LogP contribution in [-0.2, 0) is 20.8 Å². The molecule has 1 aromatic carbocycles. The van der Waals surface area contributed by atoms with E-state index < -0.39 is 17.3 Å². The zero-order valence-electron chi connectivity index (χ0n) is 27.0. The summed E-state index contributed by atoms with van der Waals surface area (Å²) in [5.41, 5.74) is 2.42. The fourth-order valence-electron chi connectivity index (χ4n) is 6.60. The van der Waals surface area contributed by atoms with Crippen LogP contribution in [0.25, 0.3) is 0 Å². The van der Waals surface area contributed by atoms with E-state index in [9.17, 15) is 9.59 Å². The van der Waals surface area contributed by atoms with Crippen molar-refractivity contribution in [2.24, 2.45) is 0 Å². The first-order chi connectivity index (χ1) is 20.8. The number of pyridine rings is 1. The van der Waals surface area contributed by atoms with Crippen LogP contribution in [0.15, 0.2) is 30.5 Å². The number of fused-ring (bicyclic) bond motifs is 2. The molecular formula is C34H46N4O6. The molecule has 2 amide bonds. The van der Waals surface area contributed by atoms with E-state index in [0.29, 0.717) is 30.3 Å². The predicted octanol–water partition coefficient (Wildman–Crippen LogP) is 6.92. The third kappa shape index (κ3) is 6.32. The summed E-state index contributed by atoms with van der Waals surface area (Å²) >= 11 is 0. The Bertz CT molecular complexity index is 1390. The second-order valence-electron chi connectivity index (χ2n) is 14.5. The number of amides is 2. The fraction of sp³-hybridized carbons (Fsp3) is 0.618. The average Bonchev–Trinajstić information content (AvgIpc) is 3.11. The van der Waals surface area contributed by atoms with Gasteiger partial charge in [-0.15, -0.1) is 0 Å². The van der Waals surface area contributed by atoms with Gasteiger partial charge in [-0.1, -0.05) is 6.07 Å². The van der Waals surface area contributed by atoms with Gasteiger partial charge in [0.05, 0.1) is 23.5 Å². The van der Waals surface area contributed by atoms with E-state index >= 15 is 0 Å². The lowest BCUT2D eigenvalue weighted by Crippen LogP contribution is -2.52. The molecule has 0 atom stereocenters. The number of carbonyl (C=O) groups excluding carboxylic acids is 2. The normalized spacial score (nSPS) is 20.2. The van der Waals surface area contributed by atoms with Crippen LogP contribution in [0.1, 0.15) is 90.7 Å². The third-order valence-corrected chi connectivity index (χ3v) is 8.99. The van der Waals surface area contributed by atoms with Gasteiger partial charge in [0.2, 0.25) is 0 Å². The molecule has 0 radical (unpaired) electrons. The molecule has 1 spiro atoms. The van der Waals surface area contributed by atoms with E-state index in [1.165, 1.54) is 0 Å². The molecule has 0 bridgehead atoms. The largest absolute Gasteiger partial charge is 0.486 e. The van der Waals surface area contributed by atoms with Gasteiger partial charge in [-0.2, -0.15) is 0 Å². The van der Waals surface area contributed by atoms with Gasteiger partial charge >= 0.3 is 12.2 Å². The molecule has 3 fully saturated rings. The summed E-state index contributed by atoms with van der Waals surface area (Å²) in [6, 6.07) is 8.09. The highest BCUT2D eigenvalue weighted by Gasteiger charge is 2.42. The van der Waals surface area contributed by atoms with E-state index in [0.717, 1.165) is 68.6 Å². The maximum absolute atomic E-state index is 14.0. The van der Waals surface area contributed by atoms with Crippen molar-refractivity contribution in [3.8, 4) is 5.75 Å². The minimum Gasteiger partial charge on any atom is -0.486 e. The summed E-state index contributed by atoms with van der Waals surface area (Å²) in [4.78, 5) is 37.1. The molecule has 1 aromatic heterocycles. The van der Waals surface area contributed by atoms with Crippen LogP contribution in [0, 0.1) is 0 Å². The summed E-state index contributed by atoms with van der Waals surface area (Å²) < 4.78 is 23.9. The van der Waals surface area contributed by atoms with Crippen molar-refractivity contribution in [1.82, 2.24) is 9.88 Å². The fourth-order valence-corrected chi connectivity index (χ4v) is 6.60. The quantitative estimate of drug-likeness (QED) is 0.364. The molecule has 3 saturated heterocycles. The number of hydrogen-bond acceptors (Lipinski definition) is 8. The first-order valence-corrected chi connectivity index (χ1v) is 16.0. The molecule has 4 aliphatic rings. The number of rotatable bonds is 2. The van der Waals surface area contributed by atoms with Gasteiger partial charge in [0.15, 0.2) is 5.82 Å². The average molecular weight is 607 g/mol. The highest BCUT2D eigenvalue weighted by molar-refractivity contribution is 5.99. The molecule has 0 saturated carbocycles. The van der Waals surface area contributed by atoms with Crippen molar-refractivity contribution in [3.05, 3.63) is 41.6 Å². The van der Waals surface area contributed by atoms with E-state index in [1.54, 1.807) is 16.0 Å². The van der Waals surface area contributed by atoms with E-state index in [2.05, 4.69) is 11.0 Å². The van der Waals surface area contributed by atoms with Crippen LogP contribution in [0.5, 0.6) is 5.75 Å². The molecule has 44 heavy (non-hydrogen) atoms. The van der Waals surface area contributed by atoms with Gasteiger partial charge in [0, 0.05) is 38.1 Å². The molecule has 5 heterocycles. The molecule has 10 heteroatoms. The van der Waals surface area contributed by atoms with E-state index in [-0.39, 0.29) is 24.2 Å². The van der Waals surface area contributed by atoms with Gasteiger partial charge in [0.25, 0.3) is 0 Å². The number of ether oxygens (including phenoxy) is 4. The predicted molar refractivity (Wildman–Crippen MR) is 168 cm³/mol. The Balaban J connectivity index is 1.29. The summed E-state index contributed by atoms with van der Waals surface area (Å²) in [5, 5.41) is 0. The minimum absolute atomic E-state index is 0.0369. The van der Waals surface area contributed by atoms with Crippen molar-refractivity contribution in [1.29, 1.82) is 0 Å². The van der Waals surface area contributed by atoms with Crippen LogP contribution >= 0.6 is 0 Å². The Morgan fingerprint density at radius 2 is 1.55 bits per heavy atom. The monoisotopic (exact) mass is 606 g/mol. The van der Waals surface area contributed by atoms with Gasteiger partial charge in [-0.05, 0) is 103 Å². The molecule has 238 valence electrons. The Hall–Kier alpha value is -3.53. The standard InChI is InChI=1S/C34H46N4O6/c1-32(2,3)43-30(39)37-16-10-23(11-17-37)24-7-8-28-27(21-24)38(31(40)44-33(4,5)6)29-25(22-41-28)26(9-15-35-29)36-18-12-34(13-19-36)14-20-42-34/h7-9,15,21,23H,10-14,16-20,22H2,1-6H3. The molecular weight excluding hydrogens is 560 g/mol. The summed E-state index contributed by atoms with van der Waals surface area (Å²) in [7, 11) is 0. The molecule has 10 nitrogen and oxygen atoms in total. The number of likely N-dealkylation sites (tertiary alicyclic amines) is 1. The van der Waals surface area contributed by atoms with Crippen LogP contribution in [0.3, 0.4) is 0 Å². The highest BCUT2D eigenvalue weighted by Crippen LogP contribution is 2.45. The lowest BCUT2D eigenvalue weighted by Gasteiger charge is -2.48. The third-order valence-electron chi connectivity index (χ3n) is 8.99. The van der Waals surface area contributed by atoms with Gasteiger partial charge in [-0.3, -0.25) is 0 Å². The highest BCUT2D eigenvalue weighted by atomic mass is 16.6. The van der Waals surface area contributed by atoms with Crippen molar-refractivity contribution < 1.29 is 28.5 Å². The number of hydrogen-bond donors (Lipinski definition) is 0. The lowest BCUT2D eigenvalue weighted by molar-refractivity contribution is -0.158. The second-order valence-corrected chi connectivity index (χ2v) is 14.5. The topological polar surface area (TPSA) is 93.7 Å². The maximum Gasteiger partial charge on any atom is 0.420 e. The zero-order chi connectivity index (χ0) is 31.3. The van der Waals surface area contributed by atoms with Crippen LogP contribution < -0.4 is 14.5 Å². The van der Waals surface area contributed by atoms with Gasteiger partial charge in [0.1, 0.15) is 23.6 Å². The minimum atomic E-state index is -0.696. The summed E-state index contributed by atoms with van der Waals surface area (Å²) in [6.45, 7) is 15.4. The van der Waals surface area contributed by atoms with Crippen LogP contribution in [-0.4, -0.2) is 71.7 Å². The SMILES string of the molecule is CC(C)(C)OC(=O)N1CCC(c2ccc3c(c2)N(C(=O)OC(C)(C)C)c2nccc(N4CCC5(CCO5)CC4)c2CO3)CC1. The Morgan fingerprint density at radius 3 is 2.16 bits per heavy atom. The zero-order valence-corrected chi connectivity index (χ0v) is 27.0. The molecule has 2 aromatic rings. The summed E-state index contributed by atoms with van der Waals surface area (Å²) in [6.07, 6.45) is 5.69. The lowest BCUT2D eigenvalue weighted by atomic mass is 9.84. The maximum atomic E-state index is 14.0. The molecule has 0 aliphatic carbocycles. The number of anilines is 3. The Labute approximate surface area is 260 Å². The summed E-state index contributed by atoms with van der Waals surface area (Å²) in [5.74, 6) is 1.36. The van der Waals surface area contributed by atoms with Crippen molar-refractivity contribution in [2.75, 3.05) is 42.6 Å². The molecule has 0 N–H and O–H groups in total. The molecule has 6 rings (SSSR count). The number of carbonyl (C=O) groups is 2. The van der Waals surface area contributed by atoms with Gasteiger partial charge in [-0.25, -0.2) is 19.5 Å². The van der Waals surface area contributed by atoms with E-state index in [1.807, 2.05) is 59.7 Å².